The fraction of sp³-hybridized carbons (Fsp3) is 0.389. The Balaban J connectivity index is 1.74. The predicted molar refractivity (Wildman–Crippen MR) is 97.5 cm³/mol. The quantitative estimate of drug-likeness (QED) is 0.438. The van der Waals surface area contributed by atoms with Crippen molar-refractivity contribution in [2.24, 2.45) is 0 Å². The van der Waals surface area contributed by atoms with Gasteiger partial charge >= 0.3 is 0 Å². The van der Waals surface area contributed by atoms with Gasteiger partial charge in [-0.25, -0.2) is 4.98 Å². The summed E-state index contributed by atoms with van der Waals surface area (Å²) in [6, 6.07) is 10.2. The lowest BCUT2D eigenvalue weighted by atomic mass is 10.1. The highest BCUT2D eigenvalue weighted by Crippen LogP contribution is 2.09. The van der Waals surface area contributed by atoms with Crippen molar-refractivity contribution in [1.29, 1.82) is 0 Å². The molecule has 2 aromatic rings. The Kier molecular flexibility index (Phi) is 7.06. The summed E-state index contributed by atoms with van der Waals surface area (Å²) in [5.74, 6) is -0.0317. The minimum Gasteiger partial charge on any atom is -0.356 e. The van der Waals surface area contributed by atoms with Crippen LogP contribution in [0.1, 0.15) is 29.7 Å². The van der Waals surface area contributed by atoms with Gasteiger partial charge in [-0.1, -0.05) is 42.1 Å². The zero-order valence-electron chi connectivity index (χ0n) is 14.1. The molecule has 1 heterocycles. The molecule has 128 valence electrons. The molecular weight excluding hydrogens is 322 g/mol. The summed E-state index contributed by atoms with van der Waals surface area (Å²) in [5, 5.41) is 3.51. The van der Waals surface area contributed by atoms with Crippen LogP contribution < -0.4 is 10.9 Å². The fourth-order valence-electron chi connectivity index (χ4n) is 2.47. The molecule has 0 spiro atoms. The molecule has 0 aliphatic rings. The Morgan fingerprint density at radius 1 is 1.25 bits per heavy atom. The molecule has 6 heteroatoms. The average Bonchev–Trinajstić information content (AvgIpc) is 2.58. The third-order valence-corrected chi connectivity index (χ3v) is 4.38. The van der Waals surface area contributed by atoms with Gasteiger partial charge < -0.3 is 10.3 Å². The van der Waals surface area contributed by atoms with Crippen molar-refractivity contribution in [2.45, 2.75) is 37.8 Å². The number of carbonyl (C=O) groups excluding carboxylic acids is 1. The number of hydrogen-bond donors (Lipinski definition) is 2. The molecule has 0 aliphatic carbocycles. The fourth-order valence-corrected chi connectivity index (χ4v) is 2.89. The van der Waals surface area contributed by atoms with Crippen LogP contribution in [-0.4, -0.2) is 28.7 Å². The number of aromatic amines is 1. The molecule has 24 heavy (non-hydrogen) atoms. The first kappa shape index (κ1) is 18.3. The van der Waals surface area contributed by atoms with E-state index in [2.05, 4.69) is 27.4 Å². The summed E-state index contributed by atoms with van der Waals surface area (Å²) < 4.78 is 0. The van der Waals surface area contributed by atoms with Gasteiger partial charge in [-0.3, -0.25) is 9.59 Å². The number of rotatable bonds is 8. The van der Waals surface area contributed by atoms with Gasteiger partial charge in [0.15, 0.2) is 5.16 Å². The SMILES string of the molecule is CSc1nc(C)c(CCC(=O)NCCCc2ccccc2)c(=O)[nH]1. The van der Waals surface area contributed by atoms with E-state index >= 15 is 0 Å². The Morgan fingerprint density at radius 3 is 2.67 bits per heavy atom. The first-order valence-electron chi connectivity index (χ1n) is 8.04. The van der Waals surface area contributed by atoms with Crippen LogP contribution in [0.5, 0.6) is 0 Å². The van der Waals surface area contributed by atoms with Gasteiger partial charge in [-0.05, 0) is 38.0 Å². The highest BCUT2D eigenvalue weighted by molar-refractivity contribution is 7.98. The first-order chi connectivity index (χ1) is 11.6. The number of aryl methyl sites for hydroxylation is 2. The van der Waals surface area contributed by atoms with Crippen LogP contribution in [0.25, 0.3) is 0 Å². The molecule has 0 fully saturated rings. The summed E-state index contributed by atoms with van der Waals surface area (Å²) in [6.45, 7) is 2.45. The van der Waals surface area contributed by atoms with E-state index in [9.17, 15) is 9.59 Å². The average molecular weight is 345 g/mol. The number of thioether (sulfide) groups is 1. The Labute approximate surface area is 146 Å². The van der Waals surface area contributed by atoms with Crippen LogP contribution in [0.15, 0.2) is 40.3 Å². The highest BCUT2D eigenvalue weighted by Gasteiger charge is 2.10. The molecular formula is C18H23N3O2S. The number of H-pyrrole nitrogens is 1. The van der Waals surface area contributed by atoms with Crippen LogP contribution in [0, 0.1) is 6.92 Å². The minimum atomic E-state index is -0.149. The molecule has 0 bridgehead atoms. The van der Waals surface area contributed by atoms with E-state index in [0.717, 1.165) is 12.8 Å². The molecule has 0 unspecified atom stereocenters. The molecule has 1 aromatic carbocycles. The van der Waals surface area contributed by atoms with Gasteiger partial charge in [0, 0.05) is 24.2 Å². The van der Waals surface area contributed by atoms with Crippen LogP contribution in [0.2, 0.25) is 0 Å². The van der Waals surface area contributed by atoms with E-state index in [1.54, 1.807) is 0 Å². The lowest BCUT2D eigenvalue weighted by molar-refractivity contribution is -0.121. The third-order valence-electron chi connectivity index (χ3n) is 3.80. The van der Waals surface area contributed by atoms with Crippen molar-refractivity contribution >= 4 is 17.7 Å². The highest BCUT2D eigenvalue weighted by atomic mass is 32.2. The lowest BCUT2D eigenvalue weighted by Gasteiger charge is -2.07. The summed E-state index contributed by atoms with van der Waals surface area (Å²) in [4.78, 5) is 31.0. The van der Waals surface area contributed by atoms with Crippen LogP contribution in [0.3, 0.4) is 0 Å². The molecule has 1 aromatic heterocycles. The van der Waals surface area contributed by atoms with Gasteiger partial charge in [-0.2, -0.15) is 0 Å². The van der Waals surface area contributed by atoms with Gasteiger partial charge in [0.2, 0.25) is 5.91 Å². The van der Waals surface area contributed by atoms with E-state index in [1.807, 2.05) is 31.4 Å². The number of benzene rings is 1. The van der Waals surface area contributed by atoms with Crippen LogP contribution >= 0.6 is 11.8 Å². The van der Waals surface area contributed by atoms with E-state index in [0.29, 0.717) is 35.8 Å². The summed E-state index contributed by atoms with van der Waals surface area (Å²) in [7, 11) is 0. The molecule has 2 rings (SSSR count). The van der Waals surface area contributed by atoms with Gasteiger partial charge in [0.25, 0.3) is 5.56 Å². The Morgan fingerprint density at radius 2 is 2.00 bits per heavy atom. The standard InChI is InChI=1S/C18H23N3O2S/c1-13-15(17(23)21-18(20-13)24-2)10-11-16(22)19-12-6-9-14-7-4-3-5-8-14/h3-5,7-8H,6,9-12H2,1-2H3,(H,19,22)(H,20,21,23). The van der Waals surface area contributed by atoms with Crippen molar-refractivity contribution in [3.05, 3.63) is 57.5 Å². The van der Waals surface area contributed by atoms with E-state index < -0.39 is 0 Å². The lowest BCUT2D eigenvalue weighted by Crippen LogP contribution is -2.26. The van der Waals surface area contributed by atoms with Crippen molar-refractivity contribution in [3.8, 4) is 0 Å². The van der Waals surface area contributed by atoms with Gasteiger partial charge in [0.05, 0.1) is 0 Å². The number of nitrogens with one attached hydrogen (secondary N) is 2. The summed E-state index contributed by atoms with van der Waals surface area (Å²) >= 11 is 1.40. The zero-order chi connectivity index (χ0) is 17.4. The Bertz CT molecular complexity index is 729. The second kappa shape index (κ2) is 9.27. The number of amides is 1. The maximum Gasteiger partial charge on any atom is 0.254 e. The first-order valence-corrected chi connectivity index (χ1v) is 9.27. The number of hydrogen-bond acceptors (Lipinski definition) is 4. The summed E-state index contributed by atoms with van der Waals surface area (Å²) in [5.41, 5.74) is 2.41. The molecule has 0 saturated heterocycles. The minimum absolute atomic E-state index is 0.0317. The smallest absolute Gasteiger partial charge is 0.254 e. The molecule has 0 saturated carbocycles. The number of carbonyl (C=O) groups is 1. The maximum absolute atomic E-state index is 12.0. The molecule has 5 nitrogen and oxygen atoms in total. The van der Waals surface area contributed by atoms with E-state index in [-0.39, 0.29) is 11.5 Å². The van der Waals surface area contributed by atoms with Gasteiger partial charge in [-0.15, -0.1) is 0 Å². The maximum atomic E-state index is 12.0. The molecule has 0 aliphatic heterocycles. The van der Waals surface area contributed by atoms with Crippen molar-refractivity contribution in [3.63, 3.8) is 0 Å². The molecule has 0 radical (unpaired) electrons. The third kappa shape index (κ3) is 5.53. The second-order valence-corrected chi connectivity index (χ2v) is 6.37. The van der Waals surface area contributed by atoms with Crippen LogP contribution in [0.4, 0.5) is 0 Å². The molecule has 1 amide bonds. The second-order valence-electron chi connectivity index (χ2n) is 5.58. The van der Waals surface area contributed by atoms with Crippen molar-refractivity contribution < 1.29 is 4.79 Å². The van der Waals surface area contributed by atoms with Crippen molar-refractivity contribution in [2.75, 3.05) is 12.8 Å². The van der Waals surface area contributed by atoms with Crippen LogP contribution in [-0.2, 0) is 17.6 Å². The Hall–Kier alpha value is -2.08. The normalized spacial score (nSPS) is 10.6. The topological polar surface area (TPSA) is 74.8 Å². The van der Waals surface area contributed by atoms with E-state index in [1.165, 1.54) is 17.3 Å². The zero-order valence-corrected chi connectivity index (χ0v) is 14.9. The predicted octanol–water partition coefficient (Wildman–Crippen LogP) is 2.48. The molecule has 0 atom stereocenters. The molecule has 2 N–H and O–H groups in total. The summed E-state index contributed by atoms with van der Waals surface area (Å²) in [6.07, 6.45) is 4.42. The van der Waals surface area contributed by atoms with Gasteiger partial charge in [0.1, 0.15) is 0 Å². The van der Waals surface area contributed by atoms with Crippen molar-refractivity contribution in [1.82, 2.24) is 15.3 Å². The van der Waals surface area contributed by atoms with E-state index in [4.69, 9.17) is 0 Å². The largest absolute Gasteiger partial charge is 0.356 e. The number of nitrogens with zero attached hydrogens (tertiary/aromatic N) is 1. The number of aromatic nitrogens is 2. The monoisotopic (exact) mass is 345 g/mol.